The van der Waals surface area contributed by atoms with Gasteiger partial charge in [0.05, 0.1) is 16.2 Å². The van der Waals surface area contributed by atoms with Crippen molar-refractivity contribution in [3.05, 3.63) is 70.3 Å². The minimum absolute atomic E-state index is 0.315. The van der Waals surface area contributed by atoms with Gasteiger partial charge >= 0.3 is 0 Å². The zero-order valence-corrected chi connectivity index (χ0v) is 12.3. The molecule has 1 heterocycles. The fraction of sp³-hybridized carbons (Fsp3) is 0. The molecule has 0 aliphatic carbocycles. The van der Waals surface area contributed by atoms with Crippen LogP contribution in [0.25, 0.3) is 10.9 Å². The largest absolute Gasteiger partial charge is 0.319 e. The molecule has 0 fully saturated rings. The number of carbonyl (C=O) groups excluding carboxylic acids is 1. The standard InChI is InChI=1S/C16H10Cl2N2O/c17-11-6-8-14(12(18)9-11)20-16(21)15-7-5-10-3-1-2-4-13(10)19-15/h1-9H,(H,20,21). The van der Waals surface area contributed by atoms with Crippen LogP contribution in [0.15, 0.2) is 54.6 Å². The van der Waals surface area contributed by atoms with Crippen LogP contribution in [0.1, 0.15) is 10.5 Å². The Bertz CT molecular complexity index is 833. The first-order valence-electron chi connectivity index (χ1n) is 6.26. The molecule has 0 saturated heterocycles. The zero-order chi connectivity index (χ0) is 14.8. The van der Waals surface area contributed by atoms with E-state index >= 15 is 0 Å². The van der Waals surface area contributed by atoms with Gasteiger partial charge in [-0.05, 0) is 30.3 Å². The molecule has 1 N–H and O–H groups in total. The number of fused-ring (bicyclic) bond motifs is 1. The molecule has 0 saturated carbocycles. The third-order valence-electron chi connectivity index (χ3n) is 3.01. The van der Waals surface area contributed by atoms with Gasteiger partial charge in [0.25, 0.3) is 5.91 Å². The SMILES string of the molecule is O=C(Nc1ccc(Cl)cc1Cl)c1ccc2ccccc2n1. The molecule has 5 heteroatoms. The highest BCUT2D eigenvalue weighted by atomic mass is 35.5. The van der Waals surface area contributed by atoms with Crippen molar-refractivity contribution in [1.29, 1.82) is 0 Å². The Morgan fingerprint density at radius 2 is 1.81 bits per heavy atom. The van der Waals surface area contributed by atoms with E-state index in [0.29, 0.717) is 21.4 Å². The molecule has 3 nitrogen and oxygen atoms in total. The van der Waals surface area contributed by atoms with Crippen LogP contribution in [-0.4, -0.2) is 10.9 Å². The number of halogens is 2. The summed E-state index contributed by atoms with van der Waals surface area (Å²) in [5, 5.41) is 4.61. The predicted molar refractivity (Wildman–Crippen MR) is 86.2 cm³/mol. The summed E-state index contributed by atoms with van der Waals surface area (Å²) in [6.07, 6.45) is 0. The van der Waals surface area contributed by atoms with Gasteiger partial charge in [0.2, 0.25) is 0 Å². The van der Waals surface area contributed by atoms with Crippen molar-refractivity contribution < 1.29 is 4.79 Å². The minimum Gasteiger partial charge on any atom is -0.319 e. The number of hydrogen-bond donors (Lipinski definition) is 1. The summed E-state index contributed by atoms with van der Waals surface area (Å²) in [4.78, 5) is 16.6. The second kappa shape index (κ2) is 5.72. The number of nitrogens with zero attached hydrogens (tertiary/aromatic N) is 1. The topological polar surface area (TPSA) is 42.0 Å². The number of pyridine rings is 1. The lowest BCUT2D eigenvalue weighted by atomic mass is 10.2. The third-order valence-corrected chi connectivity index (χ3v) is 3.56. The van der Waals surface area contributed by atoms with Crippen LogP contribution in [0, 0.1) is 0 Å². The molecule has 0 spiro atoms. The van der Waals surface area contributed by atoms with Crippen LogP contribution in [0.2, 0.25) is 10.0 Å². The average molecular weight is 317 g/mol. The molecular formula is C16H10Cl2N2O. The van der Waals surface area contributed by atoms with E-state index in [1.807, 2.05) is 30.3 Å². The number of aromatic nitrogens is 1. The summed E-state index contributed by atoms with van der Waals surface area (Å²) in [5.74, 6) is -0.315. The van der Waals surface area contributed by atoms with Crippen LogP contribution < -0.4 is 5.32 Å². The van der Waals surface area contributed by atoms with Gasteiger partial charge in [-0.1, -0.05) is 47.5 Å². The summed E-state index contributed by atoms with van der Waals surface area (Å²) >= 11 is 11.9. The van der Waals surface area contributed by atoms with Gasteiger partial charge in [0, 0.05) is 10.4 Å². The first kappa shape index (κ1) is 13.9. The smallest absolute Gasteiger partial charge is 0.274 e. The van der Waals surface area contributed by atoms with Crippen LogP contribution in [-0.2, 0) is 0 Å². The molecular weight excluding hydrogens is 307 g/mol. The lowest BCUT2D eigenvalue weighted by molar-refractivity contribution is 0.102. The molecule has 0 aliphatic rings. The number of anilines is 1. The van der Waals surface area contributed by atoms with Crippen molar-refractivity contribution in [2.45, 2.75) is 0 Å². The fourth-order valence-corrected chi connectivity index (χ4v) is 2.43. The monoisotopic (exact) mass is 316 g/mol. The molecule has 21 heavy (non-hydrogen) atoms. The van der Waals surface area contributed by atoms with E-state index in [0.717, 1.165) is 10.9 Å². The van der Waals surface area contributed by atoms with Gasteiger partial charge in [-0.25, -0.2) is 4.98 Å². The van der Waals surface area contributed by atoms with Crippen molar-refractivity contribution in [3.63, 3.8) is 0 Å². The molecule has 0 radical (unpaired) electrons. The molecule has 0 bridgehead atoms. The Hall–Kier alpha value is -2.10. The Kier molecular flexibility index (Phi) is 3.78. The van der Waals surface area contributed by atoms with Crippen LogP contribution in [0.5, 0.6) is 0 Å². The van der Waals surface area contributed by atoms with Crippen molar-refractivity contribution in [2.24, 2.45) is 0 Å². The highest BCUT2D eigenvalue weighted by molar-refractivity contribution is 6.36. The number of para-hydroxylation sites is 1. The molecule has 104 valence electrons. The van der Waals surface area contributed by atoms with Crippen LogP contribution in [0.3, 0.4) is 0 Å². The van der Waals surface area contributed by atoms with Crippen molar-refractivity contribution in [2.75, 3.05) is 5.32 Å². The van der Waals surface area contributed by atoms with Crippen molar-refractivity contribution in [3.8, 4) is 0 Å². The molecule has 1 aromatic heterocycles. The lowest BCUT2D eigenvalue weighted by Crippen LogP contribution is -2.13. The normalized spacial score (nSPS) is 10.6. The molecule has 0 aliphatic heterocycles. The van der Waals surface area contributed by atoms with Gasteiger partial charge in [-0.3, -0.25) is 4.79 Å². The van der Waals surface area contributed by atoms with Gasteiger partial charge in [0.15, 0.2) is 0 Å². The lowest BCUT2D eigenvalue weighted by Gasteiger charge is -2.07. The molecule has 3 aromatic rings. The summed E-state index contributed by atoms with van der Waals surface area (Å²) in [7, 11) is 0. The van der Waals surface area contributed by atoms with Gasteiger partial charge in [0.1, 0.15) is 5.69 Å². The highest BCUT2D eigenvalue weighted by Gasteiger charge is 2.10. The van der Waals surface area contributed by atoms with E-state index < -0.39 is 0 Å². The number of nitrogens with one attached hydrogen (secondary N) is 1. The highest BCUT2D eigenvalue weighted by Crippen LogP contribution is 2.25. The maximum Gasteiger partial charge on any atom is 0.274 e. The van der Waals surface area contributed by atoms with E-state index in [1.54, 1.807) is 24.3 Å². The fourth-order valence-electron chi connectivity index (χ4n) is 1.97. The van der Waals surface area contributed by atoms with E-state index in [9.17, 15) is 4.79 Å². The summed E-state index contributed by atoms with van der Waals surface area (Å²) in [6.45, 7) is 0. The Balaban J connectivity index is 1.89. The first-order valence-corrected chi connectivity index (χ1v) is 7.01. The molecule has 1 amide bonds. The Morgan fingerprint density at radius 1 is 1.00 bits per heavy atom. The second-order valence-corrected chi connectivity index (χ2v) is 5.31. The van der Waals surface area contributed by atoms with E-state index in [-0.39, 0.29) is 5.91 Å². The summed E-state index contributed by atoms with van der Waals surface area (Å²) < 4.78 is 0. The summed E-state index contributed by atoms with van der Waals surface area (Å²) in [6, 6.07) is 16.1. The second-order valence-electron chi connectivity index (χ2n) is 4.47. The third kappa shape index (κ3) is 2.99. The van der Waals surface area contributed by atoms with E-state index in [1.165, 1.54) is 0 Å². The van der Waals surface area contributed by atoms with E-state index in [4.69, 9.17) is 23.2 Å². The van der Waals surface area contributed by atoms with Crippen molar-refractivity contribution in [1.82, 2.24) is 4.98 Å². The zero-order valence-electron chi connectivity index (χ0n) is 10.8. The minimum atomic E-state index is -0.315. The number of amides is 1. The Labute approximate surface area is 131 Å². The van der Waals surface area contributed by atoms with Gasteiger partial charge in [-0.2, -0.15) is 0 Å². The maximum atomic E-state index is 12.2. The van der Waals surface area contributed by atoms with E-state index in [2.05, 4.69) is 10.3 Å². The first-order chi connectivity index (χ1) is 10.1. The van der Waals surface area contributed by atoms with Gasteiger partial charge in [-0.15, -0.1) is 0 Å². The number of carbonyl (C=O) groups is 1. The summed E-state index contributed by atoms with van der Waals surface area (Å²) in [5.41, 5.74) is 1.60. The molecule has 2 aromatic carbocycles. The van der Waals surface area contributed by atoms with Crippen LogP contribution in [0.4, 0.5) is 5.69 Å². The maximum absolute atomic E-state index is 12.2. The molecule has 0 unspecified atom stereocenters. The van der Waals surface area contributed by atoms with Gasteiger partial charge < -0.3 is 5.32 Å². The number of hydrogen-bond acceptors (Lipinski definition) is 2. The van der Waals surface area contributed by atoms with Crippen molar-refractivity contribution >= 4 is 45.7 Å². The number of rotatable bonds is 2. The average Bonchev–Trinajstić information content (AvgIpc) is 2.49. The Morgan fingerprint density at radius 3 is 2.62 bits per heavy atom. The molecule has 0 atom stereocenters. The number of benzene rings is 2. The molecule has 3 rings (SSSR count). The quantitative estimate of drug-likeness (QED) is 0.738. The van der Waals surface area contributed by atoms with Crippen LogP contribution >= 0.6 is 23.2 Å². The predicted octanol–water partition coefficient (Wildman–Crippen LogP) is 4.79.